The van der Waals surface area contributed by atoms with Crippen molar-refractivity contribution in [2.24, 2.45) is 0 Å². The summed E-state index contributed by atoms with van der Waals surface area (Å²) in [7, 11) is -7.08. The smallest absolute Gasteiger partial charge is 0.213 e. The lowest BCUT2D eigenvalue weighted by molar-refractivity contribution is 0.185. The van der Waals surface area contributed by atoms with E-state index in [9.17, 15) is 16.8 Å². The van der Waals surface area contributed by atoms with Crippen molar-refractivity contribution in [3.05, 3.63) is 66.1 Å². The molecule has 0 spiro atoms. The second-order valence-corrected chi connectivity index (χ2v) is 12.5. The molecule has 1 fully saturated rings. The number of nitrogens with zero attached hydrogens (tertiary/aromatic N) is 2. The van der Waals surface area contributed by atoms with Crippen molar-refractivity contribution in [3.63, 3.8) is 0 Å². The fraction of sp³-hybridized carbons (Fsp3) is 0.348. The Bertz CT molecular complexity index is 1380. The number of sulfone groups is 2. The summed E-state index contributed by atoms with van der Waals surface area (Å²) in [5.41, 5.74) is 1.67. The fourth-order valence-electron chi connectivity index (χ4n) is 4.29. The molecule has 1 saturated heterocycles. The van der Waals surface area contributed by atoms with Gasteiger partial charge >= 0.3 is 0 Å². The van der Waals surface area contributed by atoms with Gasteiger partial charge in [-0.2, -0.15) is 0 Å². The number of aryl methyl sites for hydroxylation is 1. The highest BCUT2D eigenvalue weighted by Gasteiger charge is 2.44. The topological polar surface area (TPSA) is 110 Å². The van der Waals surface area contributed by atoms with E-state index >= 15 is 0 Å². The molecule has 1 aliphatic rings. The Hall–Kier alpha value is -2.53. The molecule has 2 aromatic carbocycles. The molecule has 1 N–H and O–H groups in total. The van der Waals surface area contributed by atoms with Gasteiger partial charge in [0.1, 0.15) is 4.90 Å². The lowest BCUT2D eigenvalue weighted by Crippen LogP contribution is -2.46. The number of aromatic nitrogens is 1. The summed E-state index contributed by atoms with van der Waals surface area (Å²) >= 11 is 0. The first-order valence-corrected chi connectivity index (χ1v) is 14.0. The standard InChI is InChI=1S/C23H27N3O5S2/c1-15(2)26-21(13-24-23(26)33(29,30)22-14-25-31-16(22)3)19-9-5-7-17(11-19)18-8-6-10-20(12-18)32(4,27)28/h5-12,14-15,21,23-24H,13H2,1-4H3. The van der Waals surface area contributed by atoms with Crippen LogP contribution in [-0.4, -0.2) is 51.2 Å². The maximum Gasteiger partial charge on any atom is 0.213 e. The Balaban J connectivity index is 1.71. The maximum atomic E-state index is 13.4. The molecule has 4 rings (SSSR count). The van der Waals surface area contributed by atoms with E-state index in [4.69, 9.17) is 4.52 Å². The number of rotatable bonds is 6. The average molecular weight is 490 g/mol. The van der Waals surface area contributed by atoms with Crippen molar-refractivity contribution >= 4 is 19.7 Å². The van der Waals surface area contributed by atoms with E-state index in [1.165, 1.54) is 12.5 Å². The quantitative estimate of drug-likeness (QED) is 0.562. The minimum atomic E-state index is -3.75. The monoisotopic (exact) mass is 489 g/mol. The summed E-state index contributed by atoms with van der Waals surface area (Å²) in [6, 6.07) is 14.3. The van der Waals surface area contributed by atoms with Crippen LogP contribution in [0, 0.1) is 6.92 Å². The highest BCUT2D eigenvalue weighted by Crippen LogP contribution is 2.35. The van der Waals surface area contributed by atoms with Crippen molar-refractivity contribution in [1.82, 2.24) is 15.4 Å². The summed E-state index contributed by atoms with van der Waals surface area (Å²) in [5, 5.41) is 6.80. The van der Waals surface area contributed by atoms with E-state index in [0.717, 1.165) is 16.7 Å². The predicted octanol–water partition coefficient (Wildman–Crippen LogP) is 3.17. The molecule has 8 nitrogen and oxygen atoms in total. The van der Waals surface area contributed by atoms with Crippen LogP contribution in [0.1, 0.15) is 31.2 Å². The van der Waals surface area contributed by atoms with Crippen LogP contribution in [0.15, 0.2) is 69.0 Å². The Morgan fingerprint density at radius 1 is 1.06 bits per heavy atom. The van der Waals surface area contributed by atoms with Gasteiger partial charge in [0, 0.05) is 18.8 Å². The van der Waals surface area contributed by atoms with E-state index in [1.807, 2.05) is 49.1 Å². The van der Waals surface area contributed by atoms with Gasteiger partial charge in [-0.3, -0.25) is 10.2 Å². The lowest BCUT2D eigenvalue weighted by Gasteiger charge is -2.32. The van der Waals surface area contributed by atoms with Crippen LogP contribution >= 0.6 is 0 Å². The number of hydrogen-bond acceptors (Lipinski definition) is 8. The van der Waals surface area contributed by atoms with E-state index in [1.54, 1.807) is 25.1 Å². The van der Waals surface area contributed by atoms with Crippen LogP contribution < -0.4 is 5.32 Å². The van der Waals surface area contributed by atoms with Gasteiger partial charge in [0.15, 0.2) is 21.1 Å². The molecule has 0 saturated carbocycles. The molecule has 33 heavy (non-hydrogen) atoms. The minimum Gasteiger partial charge on any atom is -0.360 e. The van der Waals surface area contributed by atoms with Gasteiger partial charge in [-0.25, -0.2) is 16.8 Å². The Kier molecular flexibility index (Phi) is 6.21. The maximum absolute atomic E-state index is 13.4. The number of hydrogen-bond donors (Lipinski definition) is 1. The van der Waals surface area contributed by atoms with Crippen molar-refractivity contribution in [2.75, 3.05) is 12.8 Å². The van der Waals surface area contributed by atoms with Crippen LogP contribution in [0.5, 0.6) is 0 Å². The highest BCUT2D eigenvalue weighted by atomic mass is 32.2. The summed E-state index contributed by atoms with van der Waals surface area (Å²) in [4.78, 5) is 2.28. The van der Waals surface area contributed by atoms with Gasteiger partial charge in [-0.1, -0.05) is 35.5 Å². The lowest BCUT2D eigenvalue weighted by atomic mass is 9.99. The molecule has 1 aliphatic heterocycles. The fourth-order valence-corrected chi connectivity index (χ4v) is 6.85. The molecular weight excluding hydrogens is 462 g/mol. The van der Waals surface area contributed by atoms with E-state index in [-0.39, 0.29) is 27.6 Å². The number of nitrogens with one attached hydrogen (secondary N) is 1. The molecule has 0 bridgehead atoms. The van der Waals surface area contributed by atoms with Crippen molar-refractivity contribution in [3.8, 4) is 11.1 Å². The van der Waals surface area contributed by atoms with Gasteiger partial charge in [0.25, 0.3) is 0 Å². The third-order valence-electron chi connectivity index (χ3n) is 5.89. The van der Waals surface area contributed by atoms with Crippen LogP contribution in [-0.2, 0) is 19.7 Å². The van der Waals surface area contributed by atoms with Gasteiger partial charge in [0.05, 0.1) is 17.1 Å². The van der Waals surface area contributed by atoms with Crippen molar-refractivity contribution in [1.29, 1.82) is 0 Å². The molecule has 2 unspecified atom stereocenters. The SMILES string of the molecule is Cc1oncc1S(=O)(=O)C1NCC(c2cccc(-c3cccc(S(C)(=O)=O)c3)c2)N1C(C)C. The molecule has 3 aromatic rings. The Morgan fingerprint density at radius 3 is 2.33 bits per heavy atom. The highest BCUT2D eigenvalue weighted by molar-refractivity contribution is 7.92. The summed E-state index contributed by atoms with van der Waals surface area (Å²) in [5.74, 6) is 0.261. The molecule has 176 valence electrons. The first-order valence-electron chi connectivity index (χ1n) is 10.6. The third-order valence-corrected chi connectivity index (χ3v) is 9.00. The molecule has 10 heteroatoms. The Labute approximate surface area is 194 Å². The molecule has 0 amide bonds. The molecule has 0 aliphatic carbocycles. The zero-order valence-electron chi connectivity index (χ0n) is 18.9. The van der Waals surface area contributed by atoms with Crippen LogP contribution in [0.25, 0.3) is 11.1 Å². The van der Waals surface area contributed by atoms with Crippen LogP contribution in [0.4, 0.5) is 0 Å². The zero-order valence-corrected chi connectivity index (χ0v) is 20.5. The van der Waals surface area contributed by atoms with Crippen LogP contribution in [0.2, 0.25) is 0 Å². The van der Waals surface area contributed by atoms with Gasteiger partial charge < -0.3 is 4.52 Å². The van der Waals surface area contributed by atoms with E-state index < -0.39 is 25.2 Å². The molecule has 2 atom stereocenters. The number of benzene rings is 2. The normalized spacial score (nSPS) is 19.9. The molecule has 2 heterocycles. The first-order chi connectivity index (χ1) is 15.5. The van der Waals surface area contributed by atoms with E-state index in [0.29, 0.717) is 6.54 Å². The second kappa shape index (κ2) is 8.68. The largest absolute Gasteiger partial charge is 0.360 e. The zero-order chi connectivity index (χ0) is 24.0. The molecule has 1 aromatic heterocycles. The third kappa shape index (κ3) is 4.48. The predicted molar refractivity (Wildman–Crippen MR) is 125 cm³/mol. The first kappa shape index (κ1) is 23.6. The van der Waals surface area contributed by atoms with Crippen molar-refractivity contribution < 1.29 is 21.4 Å². The van der Waals surface area contributed by atoms with E-state index in [2.05, 4.69) is 10.5 Å². The summed E-state index contributed by atoms with van der Waals surface area (Å²) in [6.07, 6.45) is 2.43. The minimum absolute atomic E-state index is 0.0674. The second-order valence-electron chi connectivity index (χ2n) is 8.53. The van der Waals surface area contributed by atoms with Gasteiger partial charge in [0.2, 0.25) is 9.84 Å². The molecule has 0 radical (unpaired) electrons. The average Bonchev–Trinajstić information content (AvgIpc) is 3.41. The Morgan fingerprint density at radius 2 is 1.73 bits per heavy atom. The van der Waals surface area contributed by atoms with Gasteiger partial charge in [-0.15, -0.1) is 0 Å². The summed E-state index contributed by atoms with van der Waals surface area (Å²) in [6.45, 7) is 5.95. The molecular formula is C23H27N3O5S2. The van der Waals surface area contributed by atoms with Crippen LogP contribution in [0.3, 0.4) is 0 Å². The summed E-state index contributed by atoms with van der Waals surface area (Å²) < 4.78 is 55.7. The van der Waals surface area contributed by atoms with Gasteiger partial charge in [-0.05, 0) is 55.7 Å². The van der Waals surface area contributed by atoms with Crippen molar-refractivity contribution in [2.45, 2.75) is 48.1 Å².